The Balaban J connectivity index is 1.64. The summed E-state index contributed by atoms with van der Waals surface area (Å²) in [6.07, 6.45) is 9.22. The second kappa shape index (κ2) is 5.18. The molecular weight excluding hydrogens is 387 g/mol. The number of hydrogen-bond donors (Lipinski definition) is 1. The molecule has 4 saturated carbocycles. The summed E-state index contributed by atoms with van der Waals surface area (Å²) in [5, 5.41) is 10.1. The molecule has 0 unspecified atom stereocenters. The number of Topliss-reactive ketones (excluding diaryl/α,β-unsaturated/α-hetero) is 1. The van der Waals surface area contributed by atoms with Crippen molar-refractivity contribution in [2.45, 2.75) is 75.2 Å². The Morgan fingerprint density at radius 3 is 2.59 bits per heavy atom. The first-order valence-electron chi connectivity index (χ1n) is 9.23. The molecule has 124 valence electrons. The number of carbonyl (C=O) groups excluding carboxylic acids is 1. The molecular formula is C19H29IO2. The smallest absolute Gasteiger partial charge is 0.151 e. The number of hydrogen-bond acceptors (Lipinski definition) is 2. The highest BCUT2D eigenvalue weighted by Crippen LogP contribution is 2.65. The van der Waals surface area contributed by atoms with E-state index in [1.807, 2.05) is 0 Å². The Bertz CT molecular complexity index is 492. The van der Waals surface area contributed by atoms with Gasteiger partial charge in [0.2, 0.25) is 0 Å². The van der Waals surface area contributed by atoms with Crippen molar-refractivity contribution in [1.29, 1.82) is 0 Å². The van der Waals surface area contributed by atoms with Gasteiger partial charge in [-0.1, -0.05) is 36.4 Å². The molecule has 0 aromatic heterocycles. The number of aliphatic hydroxyl groups is 1. The third-order valence-electron chi connectivity index (χ3n) is 8.34. The number of halogens is 1. The van der Waals surface area contributed by atoms with Gasteiger partial charge in [0.1, 0.15) is 0 Å². The molecule has 1 N–H and O–H groups in total. The fourth-order valence-corrected chi connectivity index (χ4v) is 8.24. The average molecular weight is 416 g/mol. The van der Waals surface area contributed by atoms with Crippen LogP contribution in [-0.2, 0) is 4.79 Å². The first-order valence-corrected chi connectivity index (χ1v) is 10.5. The van der Waals surface area contributed by atoms with Gasteiger partial charge in [-0.2, -0.15) is 0 Å². The second-order valence-electron chi connectivity index (χ2n) is 9.11. The maximum absolute atomic E-state index is 12.7. The summed E-state index contributed by atoms with van der Waals surface area (Å²) in [7, 11) is 0. The van der Waals surface area contributed by atoms with Crippen molar-refractivity contribution in [2.75, 3.05) is 0 Å². The maximum Gasteiger partial charge on any atom is 0.151 e. The lowest BCUT2D eigenvalue weighted by Gasteiger charge is -2.60. The van der Waals surface area contributed by atoms with Gasteiger partial charge in [-0.3, -0.25) is 4.79 Å². The zero-order valence-corrected chi connectivity index (χ0v) is 16.0. The fraction of sp³-hybridized carbons (Fsp3) is 0.947. The van der Waals surface area contributed by atoms with E-state index in [0.29, 0.717) is 23.0 Å². The lowest BCUT2D eigenvalue weighted by atomic mass is 9.45. The van der Waals surface area contributed by atoms with Crippen molar-refractivity contribution >= 4 is 28.4 Å². The number of carbonyl (C=O) groups is 1. The summed E-state index contributed by atoms with van der Waals surface area (Å²) in [5.41, 5.74) is 0.403. The summed E-state index contributed by atoms with van der Waals surface area (Å²) < 4.78 is 0.255. The molecule has 22 heavy (non-hydrogen) atoms. The first kappa shape index (κ1) is 15.9. The molecule has 0 aromatic carbocycles. The normalized spacial score (nSPS) is 57.9. The van der Waals surface area contributed by atoms with Gasteiger partial charge in [0.25, 0.3) is 0 Å². The zero-order valence-electron chi connectivity index (χ0n) is 13.9. The van der Waals surface area contributed by atoms with Crippen LogP contribution in [0, 0.1) is 34.5 Å². The minimum atomic E-state index is -0.0599. The van der Waals surface area contributed by atoms with Crippen LogP contribution < -0.4 is 0 Å². The molecule has 0 spiro atoms. The molecule has 4 aliphatic rings. The molecule has 2 nitrogen and oxygen atoms in total. The van der Waals surface area contributed by atoms with Gasteiger partial charge < -0.3 is 5.11 Å². The van der Waals surface area contributed by atoms with Crippen molar-refractivity contribution in [3.8, 4) is 0 Å². The van der Waals surface area contributed by atoms with E-state index in [-0.39, 0.29) is 15.4 Å². The van der Waals surface area contributed by atoms with E-state index in [1.165, 1.54) is 25.7 Å². The van der Waals surface area contributed by atoms with Gasteiger partial charge in [-0.05, 0) is 80.5 Å². The first-order chi connectivity index (χ1) is 10.4. The molecule has 0 radical (unpaired) electrons. The van der Waals surface area contributed by atoms with Gasteiger partial charge in [0, 0.05) is 5.41 Å². The van der Waals surface area contributed by atoms with Crippen LogP contribution in [-0.4, -0.2) is 20.9 Å². The Morgan fingerprint density at radius 1 is 1.05 bits per heavy atom. The largest absolute Gasteiger partial charge is 0.393 e. The third-order valence-corrected chi connectivity index (χ3v) is 9.41. The lowest BCUT2D eigenvalue weighted by Crippen LogP contribution is -2.54. The maximum atomic E-state index is 12.7. The Kier molecular flexibility index (Phi) is 3.73. The monoisotopic (exact) mass is 416 g/mol. The SMILES string of the molecule is C[C@]12CC[C@H](O)C[C@H]1CC[C@@H]1[C@@H]2CC[C@]2(C)C(=O)[C@@H](I)C[C@@H]12. The van der Waals surface area contributed by atoms with E-state index in [9.17, 15) is 9.90 Å². The summed E-state index contributed by atoms with van der Waals surface area (Å²) in [4.78, 5) is 12.7. The van der Waals surface area contributed by atoms with Crippen LogP contribution in [0.5, 0.6) is 0 Å². The van der Waals surface area contributed by atoms with E-state index >= 15 is 0 Å². The summed E-state index contributed by atoms with van der Waals surface area (Å²) in [6.45, 7) is 4.79. The van der Waals surface area contributed by atoms with E-state index < -0.39 is 0 Å². The predicted octanol–water partition coefficient (Wildman–Crippen LogP) is 4.37. The van der Waals surface area contributed by atoms with E-state index in [0.717, 1.165) is 37.5 Å². The summed E-state index contributed by atoms with van der Waals surface area (Å²) in [6, 6.07) is 0. The lowest BCUT2D eigenvalue weighted by molar-refractivity contribution is -0.142. The van der Waals surface area contributed by atoms with E-state index in [1.54, 1.807) is 0 Å². The van der Waals surface area contributed by atoms with E-state index in [4.69, 9.17) is 0 Å². The highest BCUT2D eigenvalue weighted by molar-refractivity contribution is 14.1. The van der Waals surface area contributed by atoms with Crippen LogP contribution >= 0.6 is 22.6 Å². The predicted molar refractivity (Wildman–Crippen MR) is 95.9 cm³/mol. The third kappa shape index (κ3) is 2.03. The molecule has 0 saturated heterocycles. The molecule has 0 aromatic rings. The molecule has 3 heteroatoms. The Hall–Kier alpha value is 0.360. The Morgan fingerprint density at radius 2 is 1.82 bits per heavy atom. The van der Waals surface area contributed by atoms with Crippen molar-refractivity contribution in [3.05, 3.63) is 0 Å². The molecule has 4 fully saturated rings. The zero-order chi connectivity index (χ0) is 15.7. The van der Waals surface area contributed by atoms with E-state index in [2.05, 4.69) is 36.4 Å². The van der Waals surface area contributed by atoms with Gasteiger partial charge in [-0.15, -0.1) is 0 Å². The Labute approximate surface area is 148 Å². The number of fused-ring (bicyclic) bond motifs is 5. The van der Waals surface area contributed by atoms with Crippen molar-refractivity contribution in [1.82, 2.24) is 0 Å². The topological polar surface area (TPSA) is 37.3 Å². The van der Waals surface area contributed by atoms with Crippen LogP contribution in [0.15, 0.2) is 0 Å². The van der Waals surface area contributed by atoms with Gasteiger partial charge in [0.05, 0.1) is 10.0 Å². The summed E-state index contributed by atoms with van der Waals surface area (Å²) >= 11 is 2.40. The fourth-order valence-electron chi connectivity index (χ4n) is 6.98. The average Bonchev–Trinajstić information content (AvgIpc) is 2.72. The highest BCUT2D eigenvalue weighted by atomic mass is 127. The molecule has 8 atom stereocenters. The number of ketones is 1. The summed E-state index contributed by atoms with van der Waals surface area (Å²) in [5.74, 6) is 3.45. The van der Waals surface area contributed by atoms with Crippen LogP contribution in [0.3, 0.4) is 0 Å². The van der Waals surface area contributed by atoms with Gasteiger partial charge >= 0.3 is 0 Å². The number of rotatable bonds is 0. The van der Waals surface area contributed by atoms with Crippen molar-refractivity contribution < 1.29 is 9.90 Å². The molecule has 4 aliphatic carbocycles. The quantitative estimate of drug-likeness (QED) is 0.470. The van der Waals surface area contributed by atoms with Crippen LogP contribution in [0.1, 0.15) is 65.2 Å². The molecule has 0 aliphatic heterocycles. The molecule has 0 heterocycles. The van der Waals surface area contributed by atoms with Crippen LogP contribution in [0.25, 0.3) is 0 Å². The van der Waals surface area contributed by atoms with Gasteiger partial charge in [0.15, 0.2) is 5.78 Å². The second-order valence-corrected chi connectivity index (χ2v) is 10.6. The molecule has 4 rings (SSSR count). The van der Waals surface area contributed by atoms with Crippen LogP contribution in [0.4, 0.5) is 0 Å². The standard InChI is InChI=1S/C19H29IO2/c1-18-7-5-12(21)9-11(18)3-4-13-14(18)6-8-19(2)15(13)10-16(20)17(19)22/h11-16,21H,3-10H2,1-2H3/t11-,12+,13-,14+,15+,16+,18+,19+/m1/s1. The van der Waals surface area contributed by atoms with Gasteiger partial charge in [-0.25, -0.2) is 0 Å². The minimum absolute atomic E-state index is 0.0234. The molecule has 0 amide bonds. The number of aliphatic hydroxyl groups excluding tert-OH is 1. The van der Waals surface area contributed by atoms with Crippen LogP contribution in [0.2, 0.25) is 0 Å². The minimum Gasteiger partial charge on any atom is -0.393 e. The highest BCUT2D eigenvalue weighted by Gasteiger charge is 2.61. The van der Waals surface area contributed by atoms with Crippen molar-refractivity contribution in [3.63, 3.8) is 0 Å². The molecule has 0 bridgehead atoms. The number of alkyl halides is 1. The van der Waals surface area contributed by atoms with Crippen molar-refractivity contribution in [2.24, 2.45) is 34.5 Å².